The Hall–Kier alpha value is -0.590. The lowest BCUT2D eigenvalue weighted by molar-refractivity contribution is 0.0844. The SMILES string of the molecule is Cc1nc(SCCNC(C)C2CCCO2)n[nH]1. The van der Waals surface area contributed by atoms with E-state index in [9.17, 15) is 0 Å². The highest BCUT2D eigenvalue weighted by Crippen LogP contribution is 2.15. The van der Waals surface area contributed by atoms with Crippen LogP contribution in [0.5, 0.6) is 0 Å². The Balaban J connectivity index is 1.59. The Kier molecular flexibility index (Phi) is 4.82. The third-order valence-electron chi connectivity index (χ3n) is 2.90. The zero-order chi connectivity index (χ0) is 12.1. The van der Waals surface area contributed by atoms with Crippen LogP contribution < -0.4 is 5.32 Å². The molecule has 0 amide bonds. The van der Waals surface area contributed by atoms with E-state index in [4.69, 9.17) is 4.74 Å². The highest BCUT2D eigenvalue weighted by molar-refractivity contribution is 7.99. The van der Waals surface area contributed by atoms with Crippen LogP contribution in [-0.2, 0) is 4.74 Å². The van der Waals surface area contributed by atoms with Crippen molar-refractivity contribution in [2.24, 2.45) is 0 Å². The molecule has 1 fully saturated rings. The first kappa shape index (κ1) is 12.9. The van der Waals surface area contributed by atoms with E-state index in [0.29, 0.717) is 12.1 Å². The molecule has 2 atom stereocenters. The van der Waals surface area contributed by atoms with Crippen LogP contribution in [-0.4, -0.2) is 46.2 Å². The quantitative estimate of drug-likeness (QED) is 0.594. The van der Waals surface area contributed by atoms with Gasteiger partial charge in [0, 0.05) is 24.9 Å². The summed E-state index contributed by atoms with van der Waals surface area (Å²) >= 11 is 1.67. The molecule has 96 valence electrons. The van der Waals surface area contributed by atoms with Crippen LogP contribution in [0.15, 0.2) is 5.16 Å². The van der Waals surface area contributed by atoms with E-state index in [1.807, 2.05) is 6.92 Å². The van der Waals surface area contributed by atoms with E-state index < -0.39 is 0 Å². The molecule has 0 saturated carbocycles. The first-order valence-corrected chi connectivity index (χ1v) is 7.11. The molecule has 2 heterocycles. The third kappa shape index (κ3) is 3.97. The molecule has 1 aliphatic heterocycles. The van der Waals surface area contributed by atoms with Gasteiger partial charge < -0.3 is 10.1 Å². The number of hydrogen-bond acceptors (Lipinski definition) is 5. The number of rotatable bonds is 6. The van der Waals surface area contributed by atoms with E-state index >= 15 is 0 Å². The number of nitrogens with one attached hydrogen (secondary N) is 2. The molecule has 1 aliphatic rings. The second-order valence-electron chi connectivity index (χ2n) is 4.35. The molecule has 0 spiro atoms. The van der Waals surface area contributed by atoms with E-state index in [1.54, 1.807) is 11.8 Å². The maximum Gasteiger partial charge on any atom is 0.208 e. The minimum absolute atomic E-state index is 0.394. The number of H-pyrrole nitrogens is 1. The summed E-state index contributed by atoms with van der Waals surface area (Å²) in [6, 6.07) is 0.437. The van der Waals surface area contributed by atoms with Gasteiger partial charge in [0.05, 0.1) is 6.10 Å². The Labute approximate surface area is 106 Å². The van der Waals surface area contributed by atoms with Gasteiger partial charge in [-0.05, 0) is 26.7 Å². The predicted molar refractivity (Wildman–Crippen MR) is 68.3 cm³/mol. The number of nitrogens with zero attached hydrogens (tertiary/aromatic N) is 2. The molecule has 0 radical (unpaired) electrons. The molecule has 0 bridgehead atoms. The maximum absolute atomic E-state index is 5.63. The standard InChI is InChI=1S/C11H20N4OS/c1-8(10-4-3-6-16-10)12-5-7-17-11-13-9(2)14-15-11/h8,10,12H,3-7H2,1-2H3,(H,13,14,15). The first-order valence-electron chi connectivity index (χ1n) is 6.12. The topological polar surface area (TPSA) is 62.8 Å². The van der Waals surface area contributed by atoms with Crippen molar-refractivity contribution in [1.82, 2.24) is 20.5 Å². The molecule has 17 heavy (non-hydrogen) atoms. The zero-order valence-electron chi connectivity index (χ0n) is 10.4. The normalized spacial score (nSPS) is 21.9. The van der Waals surface area contributed by atoms with Crippen LogP contribution in [0.3, 0.4) is 0 Å². The Morgan fingerprint density at radius 1 is 1.65 bits per heavy atom. The van der Waals surface area contributed by atoms with Crippen molar-refractivity contribution in [3.8, 4) is 0 Å². The monoisotopic (exact) mass is 256 g/mol. The largest absolute Gasteiger partial charge is 0.377 e. The maximum atomic E-state index is 5.63. The Morgan fingerprint density at radius 3 is 3.18 bits per heavy atom. The molecular formula is C11H20N4OS. The Bertz CT molecular complexity index is 338. The van der Waals surface area contributed by atoms with Crippen LogP contribution in [0.25, 0.3) is 0 Å². The summed E-state index contributed by atoms with van der Waals surface area (Å²) in [7, 11) is 0. The molecule has 2 N–H and O–H groups in total. The van der Waals surface area contributed by atoms with Gasteiger partial charge in [-0.15, -0.1) is 5.10 Å². The number of thioether (sulfide) groups is 1. The minimum atomic E-state index is 0.394. The Morgan fingerprint density at radius 2 is 2.53 bits per heavy atom. The average molecular weight is 256 g/mol. The number of aryl methyl sites for hydroxylation is 1. The lowest BCUT2D eigenvalue weighted by atomic mass is 10.1. The smallest absolute Gasteiger partial charge is 0.208 e. The highest BCUT2D eigenvalue weighted by Gasteiger charge is 2.21. The first-order chi connectivity index (χ1) is 8.25. The van der Waals surface area contributed by atoms with Crippen LogP contribution in [0.2, 0.25) is 0 Å². The molecule has 0 aliphatic carbocycles. The van der Waals surface area contributed by atoms with Crippen molar-refractivity contribution in [3.05, 3.63) is 5.82 Å². The molecule has 2 rings (SSSR count). The van der Waals surface area contributed by atoms with Gasteiger partial charge in [0.15, 0.2) is 0 Å². The fraction of sp³-hybridized carbons (Fsp3) is 0.818. The van der Waals surface area contributed by atoms with Crippen molar-refractivity contribution in [2.75, 3.05) is 18.9 Å². The molecule has 0 aromatic carbocycles. The van der Waals surface area contributed by atoms with E-state index in [0.717, 1.165) is 29.9 Å². The summed E-state index contributed by atoms with van der Waals surface area (Å²) in [4.78, 5) is 4.25. The van der Waals surface area contributed by atoms with Crippen LogP contribution in [0.4, 0.5) is 0 Å². The van der Waals surface area contributed by atoms with Gasteiger partial charge in [-0.1, -0.05) is 11.8 Å². The van der Waals surface area contributed by atoms with Gasteiger partial charge in [-0.25, -0.2) is 4.98 Å². The van der Waals surface area contributed by atoms with Crippen LogP contribution in [0, 0.1) is 6.92 Å². The average Bonchev–Trinajstić information content (AvgIpc) is 2.95. The van der Waals surface area contributed by atoms with Gasteiger partial charge in [0.1, 0.15) is 5.82 Å². The van der Waals surface area contributed by atoms with Gasteiger partial charge >= 0.3 is 0 Å². The lowest BCUT2D eigenvalue weighted by Crippen LogP contribution is -2.38. The number of hydrogen-bond donors (Lipinski definition) is 2. The van der Waals surface area contributed by atoms with Crippen LogP contribution in [0.1, 0.15) is 25.6 Å². The second kappa shape index (κ2) is 6.37. The fourth-order valence-corrected chi connectivity index (χ4v) is 2.66. The fourth-order valence-electron chi connectivity index (χ4n) is 1.94. The molecule has 1 aromatic rings. The molecular weight excluding hydrogens is 236 g/mol. The summed E-state index contributed by atoms with van der Waals surface area (Å²) < 4.78 is 5.63. The van der Waals surface area contributed by atoms with Crippen molar-refractivity contribution in [3.63, 3.8) is 0 Å². The summed E-state index contributed by atoms with van der Waals surface area (Å²) in [6.45, 7) is 5.98. The number of ether oxygens (including phenoxy) is 1. The summed E-state index contributed by atoms with van der Waals surface area (Å²) in [5.74, 6) is 1.85. The van der Waals surface area contributed by atoms with Crippen molar-refractivity contribution in [1.29, 1.82) is 0 Å². The summed E-state index contributed by atoms with van der Waals surface area (Å²) in [5, 5.41) is 11.2. The summed E-state index contributed by atoms with van der Waals surface area (Å²) in [6.07, 6.45) is 2.77. The minimum Gasteiger partial charge on any atom is -0.377 e. The van der Waals surface area contributed by atoms with Gasteiger partial charge in [0.2, 0.25) is 5.16 Å². The molecule has 2 unspecified atom stereocenters. The highest BCUT2D eigenvalue weighted by atomic mass is 32.2. The molecule has 1 saturated heterocycles. The number of aromatic nitrogens is 3. The molecule has 1 aromatic heterocycles. The van der Waals surface area contributed by atoms with Gasteiger partial charge in [0.25, 0.3) is 0 Å². The summed E-state index contributed by atoms with van der Waals surface area (Å²) in [5.41, 5.74) is 0. The van der Waals surface area contributed by atoms with E-state index in [-0.39, 0.29) is 0 Å². The van der Waals surface area contributed by atoms with Gasteiger partial charge in [-0.3, -0.25) is 5.10 Å². The van der Waals surface area contributed by atoms with Crippen LogP contribution >= 0.6 is 11.8 Å². The third-order valence-corrected chi connectivity index (χ3v) is 3.75. The van der Waals surface area contributed by atoms with Gasteiger partial charge in [-0.2, -0.15) is 0 Å². The lowest BCUT2D eigenvalue weighted by Gasteiger charge is -2.19. The van der Waals surface area contributed by atoms with E-state index in [1.165, 1.54) is 12.8 Å². The van der Waals surface area contributed by atoms with Crippen molar-refractivity contribution < 1.29 is 4.74 Å². The van der Waals surface area contributed by atoms with E-state index in [2.05, 4.69) is 27.4 Å². The second-order valence-corrected chi connectivity index (χ2v) is 5.41. The van der Waals surface area contributed by atoms with Crippen molar-refractivity contribution in [2.45, 2.75) is 44.0 Å². The number of aromatic amines is 1. The zero-order valence-corrected chi connectivity index (χ0v) is 11.2. The van der Waals surface area contributed by atoms with Crippen molar-refractivity contribution >= 4 is 11.8 Å². The predicted octanol–water partition coefficient (Wildman–Crippen LogP) is 1.36. The molecule has 5 nitrogen and oxygen atoms in total. The molecule has 6 heteroatoms.